The Bertz CT molecular complexity index is 935. The molecule has 0 spiro atoms. The number of nitrogens with zero attached hydrogens (tertiary/aromatic N) is 2. The van der Waals surface area contributed by atoms with Crippen molar-refractivity contribution in [3.63, 3.8) is 0 Å². The van der Waals surface area contributed by atoms with Crippen LogP contribution in [-0.2, 0) is 16.1 Å². The Morgan fingerprint density at radius 2 is 2.11 bits per heavy atom. The van der Waals surface area contributed by atoms with Gasteiger partial charge < -0.3 is 15.2 Å². The van der Waals surface area contributed by atoms with Crippen molar-refractivity contribution >= 4 is 23.3 Å². The van der Waals surface area contributed by atoms with E-state index in [2.05, 4.69) is 15.6 Å². The maximum atomic E-state index is 13.0. The molecule has 2 heterocycles. The fraction of sp³-hybridized carbons (Fsp3) is 0.400. The van der Waals surface area contributed by atoms with Gasteiger partial charge in [0.05, 0.1) is 22.9 Å². The maximum absolute atomic E-state index is 13.0. The van der Waals surface area contributed by atoms with E-state index in [1.54, 1.807) is 37.4 Å². The summed E-state index contributed by atoms with van der Waals surface area (Å²) in [6.45, 7) is 4.90. The summed E-state index contributed by atoms with van der Waals surface area (Å²) in [5.74, 6) is -0.936. The second-order valence-corrected chi connectivity index (χ2v) is 7.41. The third-order valence-corrected chi connectivity index (χ3v) is 5.80. The van der Waals surface area contributed by atoms with Crippen molar-refractivity contribution in [1.82, 2.24) is 14.9 Å². The molecule has 2 N–H and O–H groups in total. The van der Waals surface area contributed by atoms with Crippen molar-refractivity contribution in [1.29, 1.82) is 0 Å². The molecule has 4 rings (SSSR count). The zero-order valence-corrected chi connectivity index (χ0v) is 15.4. The van der Waals surface area contributed by atoms with E-state index >= 15 is 0 Å². The Morgan fingerprint density at radius 1 is 1.33 bits per heavy atom. The normalized spacial score (nSPS) is 25.9. The van der Waals surface area contributed by atoms with E-state index in [9.17, 15) is 14.4 Å². The SMILES string of the molecule is Cc1nccn1CCCNC(=O)[C@@H]1[C@@H]2C(=O)Nc3ccccc3C(=O)[C@]12C. The summed E-state index contributed by atoms with van der Waals surface area (Å²) in [6.07, 6.45) is 4.40. The minimum absolute atomic E-state index is 0.143. The van der Waals surface area contributed by atoms with Gasteiger partial charge in [0.15, 0.2) is 5.78 Å². The number of carbonyl (C=O) groups excluding carboxylic acids is 3. The van der Waals surface area contributed by atoms with E-state index in [-0.39, 0.29) is 17.6 Å². The van der Waals surface area contributed by atoms with Gasteiger partial charge in [-0.05, 0) is 25.5 Å². The Kier molecular flexibility index (Phi) is 4.09. The summed E-state index contributed by atoms with van der Waals surface area (Å²) >= 11 is 0. The Labute approximate surface area is 157 Å². The summed E-state index contributed by atoms with van der Waals surface area (Å²) in [5.41, 5.74) is 0.0272. The number of para-hydroxylation sites is 1. The van der Waals surface area contributed by atoms with Gasteiger partial charge in [-0.25, -0.2) is 4.98 Å². The first-order chi connectivity index (χ1) is 12.9. The topological polar surface area (TPSA) is 93.1 Å². The monoisotopic (exact) mass is 366 g/mol. The zero-order valence-electron chi connectivity index (χ0n) is 15.4. The fourth-order valence-electron chi connectivity index (χ4n) is 4.14. The van der Waals surface area contributed by atoms with Gasteiger partial charge in [-0.3, -0.25) is 14.4 Å². The summed E-state index contributed by atoms with van der Waals surface area (Å²) in [7, 11) is 0. The van der Waals surface area contributed by atoms with Gasteiger partial charge in [0.2, 0.25) is 11.8 Å². The standard InChI is InChI=1S/C20H22N4O3/c1-12-21-9-11-24(12)10-5-8-22-18(26)15-16-19(27)23-14-7-4-3-6-13(14)17(25)20(15,16)2/h3-4,6-7,9,11,15-16H,5,8,10H2,1-2H3,(H,22,26)(H,23,27)/t15-,16+,20+/m0/s1. The number of aromatic nitrogens is 2. The van der Waals surface area contributed by atoms with E-state index in [0.717, 1.165) is 18.8 Å². The Morgan fingerprint density at radius 3 is 2.85 bits per heavy atom. The molecule has 1 aromatic heterocycles. The highest BCUT2D eigenvalue weighted by atomic mass is 16.2. The lowest BCUT2D eigenvalue weighted by Crippen LogP contribution is -2.31. The molecule has 0 bridgehead atoms. The van der Waals surface area contributed by atoms with Crippen molar-refractivity contribution in [2.24, 2.45) is 17.3 Å². The molecular weight excluding hydrogens is 344 g/mol. The van der Waals surface area contributed by atoms with Gasteiger partial charge in [-0.1, -0.05) is 19.1 Å². The second-order valence-electron chi connectivity index (χ2n) is 7.41. The Balaban J connectivity index is 1.42. The molecule has 1 aliphatic heterocycles. The van der Waals surface area contributed by atoms with Crippen molar-refractivity contribution in [3.05, 3.63) is 48.0 Å². The van der Waals surface area contributed by atoms with Crippen LogP contribution in [0.2, 0.25) is 0 Å². The Hall–Kier alpha value is -2.96. The molecule has 140 valence electrons. The van der Waals surface area contributed by atoms with Crippen LogP contribution in [0.1, 0.15) is 29.5 Å². The van der Waals surface area contributed by atoms with Crippen LogP contribution in [0.15, 0.2) is 36.7 Å². The van der Waals surface area contributed by atoms with E-state index in [1.807, 2.05) is 17.7 Å². The molecule has 3 atom stereocenters. The van der Waals surface area contributed by atoms with Crippen molar-refractivity contribution in [2.75, 3.05) is 11.9 Å². The van der Waals surface area contributed by atoms with E-state index < -0.39 is 17.3 Å². The molecule has 1 saturated carbocycles. The van der Waals surface area contributed by atoms with Crippen LogP contribution >= 0.6 is 0 Å². The summed E-state index contributed by atoms with van der Waals surface area (Å²) in [5, 5.41) is 5.68. The lowest BCUT2D eigenvalue weighted by atomic mass is 9.92. The van der Waals surface area contributed by atoms with Gasteiger partial charge in [0, 0.05) is 31.0 Å². The number of fused-ring (bicyclic) bond motifs is 2. The fourth-order valence-corrected chi connectivity index (χ4v) is 4.14. The number of benzene rings is 1. The molecule has 2 aliphatic rings. The predicted octanol–water partition coefficient (Wildman–Crippen LogP) is 1.79. The first kappa shape index (κ1) is 17.5. The molecule has 1 aliphatic carbocycles. The largest absolute Gasteiger partial charge is 0.356 e. The molecule has 2 aromatic rings. The number of hydrogen-bond donors (Lipinski definition) is 2. The van der Waals surface area contributed by atoms with Gasteiger partial charge >= 0.3 is 0 Å². The number of Topliss-reactive ketones (excluding diaryl/α,β-unsaturated/α-hetero) is 1. The van der Waals surface area contributed by atoms with Crippen molar-refractivity contribution in [3.8, 4) is 0 Å². The van der Waals surface area contributed by atoms with Crippen LogP contribution in [-0.4, -0.2) is 33.7 Å². The lowest BCUT2D eigenvalue weighted by molar-refractivity contribution is -0.125. The molecule has 0 radical (unpaired) electrons. The van der Waals surface area contributed by atoms with Gasteiger partial charge in [-0.2, -0.15) is 0 Å². The molecule has 1 aromatic carbocycles. The van der Waals surface area contributed by atoms with E-state index in [4.69, 9.17) is 0 Å². The van der Waals surface area contributed by atoms with Gasteiger partial charge in [0.1, 0.15) is 5.82 Å². The van der Waals surface area contributed by atoms with Crippen molar-refractivity contribution in [2.45, 2.75) is 26.8 Å². The number of carbonyl (C=O) groups is 3. The highest BCUT2D eigenvalue weighted by Gasteiger charge is 2.73. The molecule has 1 fully saturated rings. The second kappa shape index (κ2) is 6.33. The summed E-state index contributed by atoms with van der Waals surface area (Å²) in [6, 6.07) is 6.96. The van der Waals surface area contributed by atoms with Crippen LogP contribution in [0.4, 0.5) is 5.69 Å². The number of hydrogen-bond acceptors (Lipinski definition) is 4. The van der Waals surface area contributed by atoms with Gasteiger partial charge in [0.25, 0.3) is 0 Å². The molecule has 2 amide bonds. The average Bonchev–Trinajstić information content (AvgIpc) is 3.12. The number of rotatable bonds is 5. The third-order valence-electron chi connectivity index (χ3n) is 5.80. The maximum Gasteiger partial charge on any atom is 0.229 e. The molecule has 7 heteroatoms. The van der Waals surface area contributed by atoms with Crippen LogP contribution in [0.25, 0.3) is 0 Å². The quantitative estimate of drug-likeness (QED) is 0.789. The summed E-state index contributed by atoms with van der Waals surface area (Å²) < 4.78 is 2.02. The summed E-state index contributed by atoms with van der Waals surface area (Å²) in [4.78, 5) is 42.4. The third kappa shape index (κ3) is 2.74. The number of aryl methyl sites for hydroxylation is 2. The zero-order chi connectivity index (χ0) is 19.2. The lowest BCUT2D eigenvalue weighted by Gasteiger charge is -2.13. The number of anilines is 1. The molecule has 0 unspecified atom stereocenters. The molecule has 0 saturated heterocycles. The average molecular weight is 366 g/mol. The van der Waals surface area contributed by atoms with Crippen molar-refractivity contribution < 1.29 is 14.4 Å². The number of amides is 2. The number of nitrogens with one attached hydrogen (secondary N) is 2. The molecular formula is C20H22N4O3. The number of ketones is 1. The first-order valence-electron chi connectivity index (χ1n) is 9.14. The molecule has 27 heavy (non-hydrogen) atoms. The van der Waals surface area contributed by atoms with Gasteiger partial charge in [-0.15, -0.1) is 0 Å². The first-order valence-corrected chi connectivity index (χ1v) is 9.14. The van der Waals surface area contributed by atoms with Crippen LogP contribution in [0.3, 0.4) is 0 Å². The van der Waals surface area contributed by atoms with E-state index in [0.29, 0.717) is 17.8 Å². The number of imidazole rings is 1. The van der Waals surface area contributed by atoms with E-state index in [1.165, 1.54) is 0 Å². The highest BCUT2D eigenvalue weighted by molar-refractivity contribution is 6.19. The molecule has 7 nitrogen and oxygen atoms in total. The smallest absolute Gasteiger partial charge is 0.229 e. The minimum atomic E-state index is -0.971. The van der Waals surface area contributed by atoms with Crippen LogP contribution in [0.5, 0.6) is 0 Å². The minimum Gasteiger partial charge on any atom is -0.356 e. The predicted molar refractivity (Wildman–Crippen MR) is 99.1 cm³/mol. The van der Waals surface area contributed by atoms with Crippen LogP contribution in [0, 0.1) is 24.2 Å². The van der Waals surface area contributed by atoms with Crippen LogP contribution < -0.4 is 10.6 Å². The highest BCUT2D eigenvalue weighted by Crippen LogP contribution is 2.62.